The first-order valence-corrected chi connectivity index (χ1v) is 13.8. The number of nitrogens with one attached hydrogen (secondary N) is 2. The van der Waals surface area contributed by atoms with Crippen LogP contribution in [0.1, 0.15) is 41.2 Å². The van der Waals surface area contributed by atoms with E-state index in [-0.39, 0.29) is 29.1 Å². The molecule has 0 radical (unpaired) electrons. The molecule has 1 aliphatic heterocycles. The van der Waals surface area contributed by atoms with E-state index in [2.05, 4.69) is 25.6 Å². The van der Waals surface area contributed by atoms with E-state index in [9.17, 15) is 22.8 Å². The van der Waals surface area contributed by atoms with Gasteiger partial charge in [-0.25, -0.2) is 19.6 Å². The Morgan fingerprint density at radius 1 is 1.07 bits per heavy atom. The molecule has 0 spiro atoms. The fourth-order valence-corrected chi connectivity index (χ4v) is 5.02. The zero-order valence-electron chi connectivity index (χ0n) is 22.9. The molecular weight excluding hydrogens is 563 g/mol. The second kappa shape index (κ2) is 11.4. The van der Waals surface area contributed by atoms with Crippen molar-refractivity contribution < 1.29 is 22.8 Å². The summed E-state index contributed by atoms with van der Waals surface area (Å²) >= 11 is 0. The number of rotatable bonds is 8. The van der Waals surface area contributed by atoms with Crippen molar-refractivity contribution in [1.82, 2.24) is 34.9 Å². The van der Waals surface area contributed by atoms with Crippen LogP contribution in [-0.4, -0.2) is 67.1 Å². The average molecular weight is 592 g/mol. The molecule has 0 bridgehead atoms. The summed E-state index contributed by atoms with van der Waals surface area (Å²) in [6, 6.07) is 8.44. The molecule has 1 atom stereocenters. The molecule has 2 aliphatic rings. The van der Waals surface area contributed by atoms with E-state index in [4.69, 9.17) is 10.8 Å². The molecule has 43 heavy (non-hydrogen) atoms. The number of halogens is 3. The highest BCUT2D eigenvalue weighted by Crippen LogP contribution is 2.34. The number of nitrogens with zero attached hydrogens (tertiary/aromatic N) is 6. The molecule has 2 fully saturated rings. The van der Waals surface area contributed by atoms with Crippen molar-refractivity contribution >= 4 is 34.5 Å². The Bertz CT molecular complexity index is 1700. The summed E-state index contributed by atoms with van der Waals surface area (Å²) in [7, 11) is 0. The van der Waals surface area contributed by atoms with Gasteiger partial charge in [-0.3, -0.25) is 9.59 Å². The number of nitrogens with two attached hydrogens (primary N) is 1. The van der Waals surface area contributed by atoms with Gasteiger partial charge in [-0.2, -0.15) is 18.3 Å². The van der Waals surface area contributed by atoms with Gasteiger partial charge in [-0.05, 0) is 43.5 Å². The fraction of sp³-hybridized carbons (Fsp3) is 0.310. The minimum atomic E-state index is -4.56. The van der Waals surface area contributed by atoms with Crippen LogP contribution in [0.5, 0.6) is 0 Å². The first kappa shape index (κ1) is 28.3. The number of aromatic nitrogens is 5. The van der Waals surface area contributed by atoms with Crippen molar-refractivity contribution in [3.63, 3.8) is 0 Å². The zero-order valence-corrected chi connectivity index (χ0v) is 22.9. The third-order valence-corrected chi connectivity index (χ3v) is 7.45. The lowest BCUT2D eigenvalue weighted by atomic mass is 10.1. The predicted molar refractivity (Wildman–Crippen MR) is 153 cm³/mol. The lowest BCUT2D eigenvalue weighted by molar-refractivity contribution is -0.137. The minimum absolute atomic E-state index is 0.0554. The van der Waals surface area contributed by atoms with Gasteiger partial charge < -0.3 is 21.3 Å². The molecule has 4 aromatic rings. The molecule has 222 valence electrons. The van der Waals surface area contributed by atoms with Gasteiger partial charge in [0.25, 0.3) is 5.91 Å². The largest absolute Gasteiger partial charge is 0.416 e. The third kappa shape index (κ3) is 6.18. The summed E-state index contributed by atoms with van der Waals surface area (Å²) in [5.74, 6) is -0.654. The quantitative estimate of drug-likeness (QED) is 0.263. The summed E-state index contributed by atoms with van der Waals surface area (Å²) in [6.07, 6.45) is 4.30. The van der Waals surface area contributed by atoms with Crippen LogP contribution < -0.4 is 16.4 Å². The minimum Gasteiger partial charge on any atom is -0.383 e. The molecule has 1 aliphatic carbocycles. The molecule has 4 heterocycles. The summed E-state index contributed by atoms with van der Waals surface area (Å²) in [6.45, 7) is 1.70. The Morgan fingerprint density at radius 3 is 2.60 bits per heavy atom. The molecule has 4 N–H and O–H groups in total. The van der Waals surface area contributed by atoms with Gasteiger partial charge in [0.1, 0.15) is 23.7 Å². The van der Waals surface area contributed by atoms with Gasteiger partial charge in [0.15, 0.2) is 5.65 Å². The third-order valence-electron chi connectivity index (χ3n) is 7.45. The number of fused-ring (bicyclic) bond motifs is 1. The van der Waals surface area contributed by atoms with E-state index in [1.54, 1.807) is 27.8 Å². The first-order valence-electron chi connectivity index (χ1n) is 13.8. The molecule has 6 rings (SSSR count). The maximum absolute atomic E-state index is 13.0. The summed E-state index contributed by atoms with van der Waals surface area (Å²) in [5.41, 5.74) is 7.22. The van der Waals surface area contributed by atoms with E-state index in [0.29, 0.717) is 54.4 Å². The molecule has 0 unspecified atom stereocenters. The summed E-state index contributed by atoms with van der Waals surface area (Å²) in [4.78, 5) is 39.6. The number of nitrogen functional groups attached to an aromatic ring is 1. The van der Waals surface area contributed by atoms with Gasteiger partial charge in [-0.1, -0.05) is 18.2 Å². The number of carbonyl (C=O) groups excluding carboxylic acids is 2. The first-order chi connectivity index (χ1) is 20.7. The van der Waals surface area contributed by atoms with Crippen LogP contribution in [0.4, 0.5) is 24.8 Å². The number of likely N-dealkylation sites (tertiary alicyclic amines) is 1. The number of benzene rings is 1. The Hall–Kier alpha value is -4.85. The number of pyridine rings is 1. The maximum Gasteiger partial charge on any atom is 0.416 e. The Balaban J connectivity index is 1.19. The van der Waals surface area contributed by atoms with Crippen molar-refractivity contribution in [2.24, 2.45) is 0 Å². The van der Waals surface area contributed by atoms with Gasteiger partial charge in [-0.15, -0.1) is 0 Å². The molecule has 1 aromatic carbocycles. The molecule has 1 saturated carbocycles. The molecule has 11 nitrogen and oxygen atoms in total. The van der Waals surface area contributed by atoms with Crippen LogP contribution in [0.25, 0.3) is 22.3 Å². The second-order valence-electron chi connectivity index (χ2n) is 10.5. The lowest BCUT2D eigenvalue weighted by Crippen LogP contribution is -2.28. The van der Waals surface area contributed by atoms with Crippen molar-refractivity contribution in [1.29, 1.82) is 0 Å². The fourth-order valence-electron chi connectivity index (χ4n) is 5.02. The second-order valence-corrected chi connectivity index (χ2v) is 10.5. The van der Waals surface area contributed by atoms with Crippen molar-refractivity contribution in [2.45, 2.75) is 37.5 Å². The predicted octanol–water partition coefficient (Wildman–Crippen LogP) is 3.82. The van der Waals surface area contributed by atoms with E-state index in [1.165, 1.54) is 31.3 Å². The number of anilines is 2. The molecule has 14 heteroatoms. The normalized spacial score (nSPS) is 17.2. The van der Waals surface area contributed by atoms with Crippen LogP contribution in [0.3, 0.4) is 0 Å². The van der Waals surface area contributed by atoms with Crippen LogP contribution >= 0.6 is 0 Å². The van der Waals surface area contributed by atoms with E-state index < -0.39 is 17.6 Å². The van der Waals surface area contributed by atoms with E-state index in [0.717, 1.165) is 18.3 Å². The van der Waals surface area contributed by atoms with Gasteiger partial charge in [0.05, 0.1) is 17.0 Å². The highest BCUT2D eigenvalue weighted by atomic mass is 19.4. The van der Waals surface area contributed by atoms with Crippen molar-refractivity contribution in [2.75, 3.05) is 30.7 Å². The summed E-state index contributed by atoms with van der Waals surface area (Å²) in [5, 5.41) is 11.1. The van der Waals surface area contributed by atoms with Crippen LogP contribution in [-0.2, 0) is 11.0 Å². The van der Waals surface area contributed by atoms with E-state index in [1.807, 2.05) is 6.08 Å². The highest BCUT2D eigenvalue weighted by Gasteiger charge is 2.32. The van der Waals surface area contributed by atoms with Crippen LogP contribution in [0, 0.1) is 0 Å². The monoisotopic (exact) mass is 591 g/mol. The zero-order chi connectivity index (χ0) is 30.1. The molecule has 3 aromatic heterocycles. The lowest BCUT2D eigenvalue weighted by Gasteiger charge is -2.15. The topological polar surface area (TPSA) is 144 Å². The Labute approximate surface area is 244 Å². The van der Waals surface area contributed by atoms with Crippen LogP contribution in [0.2, 0.25) is 0 Å². The number of hydrogen-bond donors (Lipinski definition) is 3. The molecule has 1 saturated heterocycles. The average Bonchev–Trinajstić information content (AvgIpc) is 3.53. The standard InChI is InChI=1S/C29H28F3N9O2/c30-29(31,32)19-9-12-35-22(14-19)38-28(43)18-5-3-17(4-6-18)25-24-26(33)36-16-37-27(24)41(39-25)21-10-13-40(15-21)23(42)2-1-11-34-20-7-8-20/h1-6,9,12,14,16,20-21,34H,7-8,10-11,13,15H2,(H2,33,36,37)(H,35,38,43)/t21-/m1/s1. The molecular formula is C29H28F3N9O2. The van der Waals surface area contributed by atoms with Gasteiger partial charge in [0, 0.05) is 49.1 Å². The number of amides is 2. The van der Waals surface area contributed by atoms with E-state index >= 15 is 0 Å². The Morgan fingerprint density at radius 2 is 1.86 bits per heavy atom. The van der Waals surface area contributed by atoms with Gasteiger partial charge in [0.2, 0.25) is 5.91 Å². The Kier molecular flexibility index (Phi) is 7.52. The number of alkyl halides is 3. The van der Waals surface area contributed by atoms with Gasteiger partial charge >= 0.3 is 6.18 Å². The van der Waals surface area contributed by atoms with Crippen molar-refractivity contribution in [3.05, 3.63) is 72.2 Å². The SMILES string of the molecule is Nc1ncnc2c1c(-c1ccc(C(=O)Nc3cc(C(F)(F)F)ccn3)cc1)nn2[C@@H]1CCN(C(=O)C=CCNC2CC2)C1. The maximum atomic E-state index is 13.0. The van der Waals surface area contributed by atoms with Crippen LogP contribution in [0.15, 0.2) is 61.1 Å². The molecule has 2 amide bonds. The summed E-state index contributed by atoms with van der Waals surface area (Å²) < 4.78 is 40.8. The number of hydrogen-bond acceptors (Lipinski definition) is 8. The smallest absolute Gasteiger partial charge is 0.383 e. The number of carbonyl (C=O) groups is 2. The highest BCUT2D eigenvalue weighted by molar-refractivity contribution is 6.04. The van der Waals surface area contributed by atoms with Crippen molar-refractivity contribution in [3.8, 4) is 11.3 Å².